The van der Waals surface area contributed by atoms with E-state index in [0.29, 0.717) is 24.8 Å². The van der Waals surface area contributed by atoms with Gasteiger partial charge in [-0.1, -0.05) is 54.1 Å². The van der Waals surface area contributed by atoms with E-state index in [1.807, 2.05) is 42.5 Å². The highest BCUT2D eigenvalue weighted by atomic mass is 35.5. The number of benzene rings is 2. The number of hydrogen-bond donors (Lipinski definition) is 3. The molecule has 184 valence electrons. The third-order valence-corrected chi connectivity index (χ3v) is 6.16. The van der Waals surface area contributed by atoms with Crippen LogP contribution in [0.5, 0.6) is 0 Å². The summed E-state index contributed by atoms with van der Waals surface area (Å²) in [6.07, 6.45) is -3.89. The van der Waals surface area contributed by atoms with Crippen LogP contribution in [0.2, 0.25) is 5.02 Å². The highest BCUT2D eigenvalue weighted by molar-refractivity contribution is 6.32. The van der Waals surface area contributed by atoms with E-state index < -0.39 is 23.9 Å². The normalized spacial score (nSPS) is 16.4. The van der Waals surface area contributed by atoms with Gasteiger partial charge in [0.05, 0.1) is 22.7 Å². The van der Waals surface area contributed by atoms with E-state index in [-0.39, 0.29) is 29.8 Å². The maximum atomic E-state index is 13.1. The van der Waals surface area contributed by atoms with Crippen molar-refractivity contribution in [2.75, 3.05) is 23.7 Å². The second-order valence-electron chi connectivity index (χ2n) is 8.28. The second-order valence-corrected chi connectivity index (χ2v) is 8.68. The summed E-state index contributed by atoms with van der Waals surface area (Å²) in [6, 6.07) is 17.0. The summed E-state index contributed by atoms with van der Waals surface area (Å²) in [6.45, 7) is 0.470. The zero-order chi connectivity index (χ0) is 25.0. The molecule has 2 aromatic carbocycles. The number of hydrogen-bond acceptors (Lipinski definition) is 4. The third kappa shape index (κ3) is 6.04. The quantitative estimate of drug-likeness (QED) is 0.399. The van der Waals surface area contributed by atoms with E-state index in [9.17, 15) is 23.1 Å². The van der Waals surface area contributed by atoms with Crippen LogP contribution in [0.3, 0.4) is 0 Å². The predicted octanol–water partition coefficient (Wildman–Crippen LogP) is 5.75. The van der Waals surface area contributed by atoms with Crippen molar-refractivity contribution in [1.29, 1.82) is 0 Å². The standard InChI is InChI=1S/C25H24ClF3N4O2/c26-21-12-17(25(27,28)29)14-30-23(21)31-15-19(34)13-22-20-9-5-4-6-16(20)10-11-33(22)24(35)32-18-7-2-1-3-8-18/h1-9,12,14,19,22,34H,10-11,13,15H2,(H,30,31)(H,32,35). The summed E-state index contributed by atoms with van der Waals surface area (Å²) in [4.78, 5) is 18.5. The Morgan fingerprint density at radius 1 is 1.17 bits per heavy atom. The van der Waals surface area contributed by atoms with Crippen LogP contribution in [0.4, 0.5) is 29.5 Å². The lowest BCUT2D eigenvalue weighted by molar-refractivity contribution is -0.137. The van der Waals surface area contributed by atoms with Crippen LogP contribution >= 0.6 is 11.6 Å². The van der Waals surface area contributed by atoms with Crippen molar-refractivity contribution in [3.63, 3.8) is 0 Å². The fraction of sp³-hybridized carbons (Fsp3) is 0.280. The van der Waals surface area contributed by atoms with Crippen molar-refractivity contribution >= 4 is 29.1 Å². The number of urea groups is 1. The molecule has 10 heteroatoms. The van der Waals surface area contributed by atoms with Crippen molar-refractivity contribution in [2.45, 2.75) is 31.2 Å². The molecule has 0 aliphatic carbocycles. The minimum Gasteiger partial charge on any atom is -0.391 e. The number of alkyl halides is 3. The summed E-state index contributed by atoms with van der Waals surface area (Å²) in [5.74, 6) is 0.0430. The lowest BCUT2D eigenvalue weighted by atomic mass is 9.89. The van der Waals surface area contributed by atoms with Crippen molar-refractivity contribution in [1.82, 2.24) is 9.88 Å². The third-order valence-electron chi connectivity index (χ3n) is 5.87. The minimum atomic E-state index is -4.55. The Kier molecular flexibility index (Phi) is 7.47. The molecule has 0 saturated heterocycles. The molecule has 1 aromatic heterocycles. The molecule has 2 atom stereocenters. The smallest absolute Gasteiger partial charge is 0.391 e. The molecule has 4 rings (SSSR count). The molecule has 0 bridgehead atoms. The van der Waals surface area contributed by atoms with Crippen LogP contribution in [-0.4, -0.2) is 40.2 Å². The lowest BCUT2D eigenvalue weighted by Crippen LogP contribution is -2.44. The molecule has 1 aliphatic rings. The molecular formula is C25H24ClF3N4O2. The highest BCUT2D eigenvalue weighted by Crippen LogP contribution is 2.35. The van der Waals surface area contributed by atoms with Crippen molar-refractivity contribution in [2.24, 2.45) is 0 Å². The van der Waals surface area contributed by atoms with Crippen molar-refractivity contribution in [3.8, 4) is 0 Å². The molecule has 2 unspecified atom stereocenters. The van der Waals surface area contributed by atoms with Gasteiger partial charge >= 0.3 is 12.2 Å². The molecule has 3 aromatic rings. The maximum Gasteiger partial charge on any atom is 0.417 e. The largest absolute Gasteiger partial charge is 0.417 e. The van der Waals surface area contributed by atoms with Crippen molar-refractivity contribution in [3.05, 3.63) is 88.6 Å². The van der Waals surface area contributed by atoms with E-state index in [2.05, 4.69) is 15.6 Å². The Hall–Kier alpha value is -3.30. The number of rotatable bonds is 6. The molecule has 2 amide bonds. The molecule has 0 radical (unpaired) electrons. The second kappa shape index (κ2) is 10.5. The first kappa shape index (κ1) is 24.8. The number of nitrogens with one attached hydrogen (secondary N) is 2. The van der Waals surface area contributed by atoms with Crippen LogP contribution < -0.4 is 10.6 Å². The first-order valence-electron chi connectivity index (χ1n) is 11.1. The monoisotopic (exact) mass is 504 g/mol. The van der Waals surface area contributed by atoms with Crippen LogP contribution in [0.25, 0.3) is 0 Å². The van der Waals surface area contributed by atoms with Gasteiger partial charge in [0.1, 0.15) is 5.82 Å². The molecule has 3 N–H and O–H groups in total. The predicted molar refractivity (Wildman–Crippen MR) is 128 cm³/mol. The number of carbonyl (C=O) groups is 1. The Balaban J connectivity index is 1.47. The van der Waals surface area contributed by atoms with Gasteiger partial charge < -0.3 is 20.6 Å². The summed E-state index contributed by atoms with van der Waals surface area (Å²) < 4.78 is 38.5. The number of fused-ring (bicyclic) bond motifs is 1. The van der Waals surface area contributed by atoms with Gasteiger partial charge in [-0.25, -0.2) is 9.78 Å². The van der Waals surface area contributed by atoms with Gasteiger partial charge in [-0.15, -0.1) is 0 Å². The van der Waals surface area contributed by atoms with Gasteiger partial charge in [0.15, 0.2) is 0 Å². The molecule has 35 heavy (non-hydrogen) atoms. The molecule has 2 heterocycles. The first-order valence-corrected chi connectivity index (χ1v) is 11.5. The number of aromatic nitrogens is 1. The molecule has 0 spiro atoms. The Morgan fingerprint density at radius 3 is 2.60 bits per heavy atom. The summed E-state index contributed by atoms with van der Waals surface area (Å²) >= 11 is 5.95. The SMILES string of the molecule is O=C(Nc1ccccc1)N1CCc2ccccc2C1CC(O)CNc1ncc(C(F)(F)F)cc1Cl. The van der Waals surface area contributed by atoms with Crippen LogP contribution in [-0.2, 0) is 12.6 Å². The van der Waals surface area contributed by atoms with Gasteiger partial charge in [0.25, 0.3) is 0 Å². The van der Waals surface area contributed by atoms with Crippen molar-refractivity contribution < 1.29 is 23.1 Å². The van der Waals surface area contributed by atoms with Gasteiger partial charge in [0.2, 0.25) is 0 Å². The number of amides is 2. The Bertz CT molecular complexity index is 1180. The zero-order valence-corrected chi connectivity index (χ0v) is 19.4. The average molecular weight is 505 g/mol. The number of aliphatic hydroxyl groups excluding tert-OH is 1. The lowest BCUT2D eigenvalue weighted by Gasteiger charge is -2.38. The van der Waals surface area contributed by atoms with E-state index in [1.54, 1.807) is 17.0 Å². The summed E-state index contributed by atoms with van der Waals surface area (Å²) in [5.41, 5.74) is 1.77. The van der Waals surface area contributed by atoms with Gasteiger partial charge in [-0.2, -0.15) is 13.2 Å². The summed E-state index contributed by atoms with van der Waals surface area (Å²) in [5, 5.41) is 16.3. The van der Waals surface area contributed by atoms with Crippen LogP contribution in [0.1, 0.15) is 29.2 Å². The molecule has 0 saturated carbocycles. The van der Waals surface area contributed by atoms with Crippen LogP contribution in [0, 0.1) is 0 Å². The highest BCUT2D eigenvalue weighted by Gasteiger charge is 2.33. The van der Waals surface area contributed by atoms with Gasteiger partial charge in [-0.05, 0) is 42.2 Å². The van der Waals surface area contributed by atoms with Crippen LogP contribution in [0.15, 0.2) is 66.9 Å². The molecular weight excluding hydrogens is 481 g/mol. The number of aliphatic hydroxyl groups is 1. The van der Waals surface area contributed by atoms with E-state index in [0.717, 1.165) is 17.2 Å². The maximum absolute atomic E-state index is 13.1. The fourth-order valence-corrected chi connectivity index (χ4v) is 4.38. The van der Waals surface area contributed by atoms with E-state index in [1.165, 1.54) is 0 Å². The minimum absolute atomic E-state index is 0.00903. The number of nitrogens with zero attached hydrogens (tertiary/aromatic N) is 2. The number of halogens is 4. The van der Waals surface area contributed by atoms with E-state index in [4.69, 9.17) is 11.6 Å². The topological polar surface area (TPSA) is 77.5 Å². The molecule has 1 aliphatic heterocycles. The molecule has 0 fully saturated rings. The number of pyridine rings is 1. The number of para-hydroxylation sites is 1. The van der Waals surface area contributed by atoms with Gasteiger partial charge in [0, 0.05) is 25.0 Å². The average Bonchev–Trinajstić information content (AvgIpc) is 2.83. The van der Waals surface area contributed by atoms with E-state index >= 15 is 0 Å². The fourth-order valence-electron chi connectivity index (χ4n) is 4.14. The first-order chi connectivity index (χ1) is 16.7. The Labute approximate surface area is 205 Å². The number of carbonyl (C=O) groups excluding carboxylic acids is 1. The van der Waals surface area contributed by atoms with Gasteiger partial charge in [-0.3, -0.25) is 0 Å². The zero-order valence-electron chi connectivity index (χ0n) is 18.6. The summed E-state index contributed by atoms with van der Waals surface area (Å²) in [7, 11) is 0. The molecule has 6 nitrogen and oxygen atoms in total. The number of anilines is 2. The Morgan fingerprint density at radius 2 is 1.89 bits per heavy atom.